The second-order valence-corrected chi connectivity index (χ2v) is 4.78. The summed E-state index contributed by atoms with van der Waals surface area (Å²) in [5.41, 5.74) is 8.27. The summed E-state index contributed by atoms with van der Waals surface area (Å²) in [6.07, 6.45) is 3.38. The molecule has 1 atom stereocenters. The van der Waals surface area contributed by atoms with E-state index in [-0.39, 0.29) is 11.9 Å². The van der Waals surface area contributed by atoms with Gasteiger partial charge in [0.05, 0.1) is 11.7 Å². The van der Waals surface area contributed by atoms with Crippen LogP contribution in [-0.2, 0) is 6.42 Å². The molecule has 1 aromatic carbocycles. The zero-order valence-electron chi connectivity index (χ0n) is 11.4. The van der Waals surface area contributed by atoms with Gasteiger partial charge in [-0.3, -0.25) is 9.89 Å². The Labute approximate surface area is 112 Å². The molecule has 0 spiro atoms. The fraction of sp³-hybridized carbons (Fsp3) is 0.429. The smallest absolute Gasteiger partial charge is 0.251 e. The van der Waals surface area contributed by atoms with Gasteiger partial charge in [0.15, 0.2) is 0 Å². The van der Waals surface area contributed by atoms with Crippen molar-refractivity contribution in [1.82, 2.24) is 15.5 Å². The number of nitrogens with one attached hydrogen (secondary N) is 2. The summed E-state index contributed by atoms with van der Waals surface area (Å²) in [6.45, 7) is 4.60. The fourth-order valence-electron chi connectivity index (χ4n) is 2.17. The molecule has 102 valence electrons. The lowest BCUT2D eigenvalue weighted by molar-refractivity contribution is 0.0939. The molecule has 2 rings (SSSR count). The zero-order valence-corrected chi connectivity index (χ0v) is 11.4. The van der Waals surface area contributed by atoms with E-state index in [0.29, 0.717) is 12.1 Å². The molecule has 1 unspecified atom stereocenters. The maximum Gasteiger partial charge on any atom is 0.251 e. The molecule has 19 heavy (non-hydrogen) atoms. The van der Waals surface area contributed by atoms with Crippen LogP contribution in [0.2, 0.25) is 0 Å². The second-order valence-electron chi connectivity index (χ2n) is 4.78. The lowest BCUT2D eigenvalue weighted by Crippen LogP contribution is -2.34. The highest BCUT2D eigenvalue weighted by atomic mass is 16.1. The van der Waals surface area contributed by atoms with Gasteiger partial charge in [0.1, 0.15) is 0 Å². The van der Waals surface area contributed by atoms with Crippen LogP contribution in [0.25, 0.3) is 10.9 Å². The number of nitrogens with zero attached hydrogens (tertiary/aromatic N) is 1. The number of benzene rings is 1. The van der Waals surface area contributed by atoms with Crippen LogP contribution in [0.15, 0.2) is 18.3 Å². The van der Waals surface area contributed by atoms with E-state index in [9.17, 15) is 4.79 Å². The Balaban J connectivity index is 2.26. The fourth-order valence-corrected chi connectivity index (χ4v) is 2.17. The predicted octanol–water partition coefficient (Wildman–Crippen LogP) is 1.59. The second kappa shape index (κ2) is 5.84. The van der Waals surface area contributed by atoms with Crippen LogP contribution in [0.3, 0.4) is 0 Å². The first-order chi connectivity index (χ1) is 9.15. The van der Waals surface area contributed by atoms with Gasteiger partial charge < -0.3 is 11.1 Å². The average molecular weight is 260 g/mol. The summed E-state index contributed by atoms with van der Waals surface area (Å²) in [4.78, 5) is 12.2. The molecule has 0 aliphatic carbocycles. The van der Waals surface area contributed by atoms with Crippen LogP contribution in [0.4, 0.5) is 0 Å². The topological polar surface area (TPSA) is 83.8 Å². The normalized spacial score (nSPS) is 12.6. The van der Waals surface area contributed by atoms with Gasteiger partial charge in [-0.25, -0.2) is 0 Å². The molecule has 1 heterocycles. The molecular weight excluding hydrogens is 240 g/mol. The third-order valence-electron chi connectivity index (χ3n) is 3.25. The minimum absolute atomic E-state index is 0.0567. The van der Waals surface area contributed by atoms with Gasteiger partial charge >= 0.3 is 0 Å². The molecule has 0 saturated heterocycles. The molecule has 5 nitrogen and oxygen atoms in total. The van der Waals surface area contributed by atoms with Crippen LogP contribution >= 0.6 is 0 Å². The van der Waals surface area contributed by atoms with Crippen molar-refractivity contribution in [3.8, 4) is 0 Å². The predicted molar refractivity (Wildman–Crippen MR) is 76.1 cm³/mol. The number of carbonyl (C=O) groups excluding carboxylic acids is 1. The number of fused-ring (bicyclic) bond motifs is 1. The van der Waals surface area contributed by atoms with E-state index in [1.165, 1.54) is 0 Å². The minimum Gasteiger partial charge on any atom is -0.350 e. The van der Waals surface area contributed by atoms with Gasteiger partial charge in [0, 0.05) is 17.0 Å². The summed E-state index contributed by atoms with van der Waals surface area (Å²) >= 11 is 0. The number of hydrogen-bond acceptors (Lipinski definition) is 3. The lowest BCUT2D eigenvalue weighted by Gasteiger charge is -2.13. The van der Waals surface area contributed by atoms with Crippen molar-refractivity contribution in [3.63, 3.8) is 0 Å². The molecule has 4 N–H and O–H groups in total. The summed E-state index contributed by atoms with van der Waals surface area (Å²) in [5.74, 6) is -0.0567. The van der Waals surface area contributed by atoms with E-state index in [4.69, 9.17) is 5.73 Å². The number of carbonyl (C=O) groups is 1. The van der Waals surface area contributed by atoms with Crippen molar-refractivity contribution in [3.05, 3.63) is 29.5 Å². The first-order valence-corrected chi connectivity index (χ1v) is 6.62. The number of hydrogen-bond donors (Lipinski definition) is 3. The number of amides is 1. The average Bonchev–Trinajstić information content (AvgIpc) is 2.85. The van der Waals surface area contributed by atoms with Crippen molar-refractivity contribution in [2.75, 3.05) is 6.54 Å². The Morgan fingerprint density at radius 3 is 3.00 bits per heavy atom. The van der Waals surface area contributed by atoms with E-state index in [0.717, 1.165) is 29.3 Å². The van der Waals surface area contributed by atoms with Crippen molar-refractivity contribution < 1.29 is 4.79 Å². The molecule has 0 fully saturated rings. The molecular formula is C14H20N4O. The van der Waals surface area contributed by atoms with E-state index >= 15 is 0 Å². The Morgan fingerprint density at radius 1 is 1.53 bits per heavy atom. The van der Waals surface area contributed by atoms with Crippen molar-refractivity contribution in [1.29, 1.82) is 0 Å². The first kappa shape index (κ1) is 13.5. The van der Waals surface area contributed by atoms with Gasteiger partial charge in [-0.1, -0.05) is 6.92 Å². The highest BCUT2D eigenvalue weighted by Gasteiger charge is 2.12. The highest BCUT2D eigenvalue weighted by Crippen LogP contribution is 2.19. The molecule has 0 radical (unpaired) electrons. The first-order valence-electron chi connectivity index (χ1n) is 6.62. The quantitative estimate of drug-likeness (QED) is 0.763. The van der Waals surface area contributed by atoms with Crippen molar-refractivity contribution in [2.45, 2.75) is 32.7 Å². The maximum absolute atomic E-state index is 12.2. The van der Waals surface area contributed by atoms with Crippen molar-refractivity contribution in [2.24, 2.45) is 5.73 Å². The standard InChI is InChI=1S/C14H20N4O/c1-3-10-6-11(7-12-8-16-18-13(10)12)14(19)17-9(2)4-5-15/h6-9H,3-5,15H2,1-2H3,(H,16,18)(H,17,19). The number of rotatable bonds is 5. The number of aryl methyl sites for hydroxylation is 1. The zero-order chi connectivity index (χ0) is 13.8. The Hall–Kier alpha value is -1.88. The van der Waals surface area contributed by atoms with Crippen LogP contribution in [0.5, 0.6) is 0 Å². The molecule has 2 aromatic rings. The monoisotopic (exact) mass is 260 g/mol. The van der Waals surface area contributed by atoms with Gasteiger partial charge in [0.2, 0.25) is 0 Å². The molecule has 0 aliphatic rings. The van der Waals surface area contributed by atoms with E-state index in [1.54, 1.807) is 6.20 Å². The lowest BCUT2D eigenvalue weighted by atomic mass is 10.0. The third kappa shape index (κ3) is 2.93. The van der Waals surface area contributed by atoms with E-state index in [1.807, 2.05) is 19.1 Å². The molecule has 5 heteroatoms. The maximum atomic E-state index is 12.2. The summed E-state index contributed by atoms with van der Waals surface area (Å²) in [7, 11) is 0. The molecule has 1 aromatic heterocycles. The Kier molecular flexibility index (Phi) is 4.16. The van der Waals surface area contributed by atoms with E-state index < -0.39 is 0 Å². The molecule has 1 amide bonds. The van der Waals surface area contributed by atoms with Crippen LogP contribution in [0.1, 0.15) is 36.2 Å². The summed E-state index contributed by atoms with van der Waals surface area (Å²) < 4.78 is 0. The molecule has 0 bridgehead atoms. The Morgan fingerprint density at radius 2 is 2.32 bits per heavy atom. The van der Waals surface area contributed by atoms with Crippen LogP contribution < -0.4 is 11.1 Å². The number of aromatic amines is 1. The van der Waals surface area contributed by atoms with E-state index in [2.05, 4.69) is 22.4 Å². The molecule has 0 aliphatic heterocycles. The minimum atomic E-state index is -0.0567. The summed E-state index contributed by atoms with van der Waals surface area (Å²) in [5, 5.41) is 10.9. The summed E-state index contributed by atoms with van der Waals surface area (Å²) in [6, 6.07) is 3.87. The Bertz CT molecular complexity index is 576. The largest absolute Gasteiger partial charge is 0.350 e. The number of H-pyrrole nitrogens is 1. The van der Waals surface area contributed by atoms with Crippen LogP contribution in [-0.4, -0.2) is 28.7 Å². The van der Waals surface area contributed by atoms with Gasteiger partial charge in [-0.05, 0) is 44.0 Å². The third-order valence-corrected chi connectivity index (χ3v) is 3.25. The van der Waals surface area contributed by atoms with Gasteiger partial charge in [0.25, 0.3) is 5.91 Å². The van der Waals surface area contributed by atoms with Crippen molar-refractivity contribution >= 4 is 16.8 Å². The number of nitrogens with two attached hydrogens (primary N) is 1. The number of aromatic nitrogens is 2. The van der Waals surface area contributed by atoms with Gasteiger partial charge in [-0.15, -0.1) is 0 Å². The SMILES string of the molecule is CCc1cc(C(=O)NC(C)CCN)cc2cn[nH]c12. The highest BCUT2D eigenvalue weighted by molar-refractivity contribution is 5.99. The van der Waals surface area contributed by atoms with Gasteiger partial charge in [-0.2, -0.15) is 5.10 Å². The van der Waals surface area contributed by atoms with Crippen LogP contribution in [0, 0.1) is 0 Å². The molecule has 0 saturated carbocycles.